The smallest absolute Gasteiger partial charge is 0.155 e. The summed E-state index contributed by atoms with van der Waals surface area (Å²) in [4.78, 5) is 0. The molecule has 1 rings (SSSR count). The third-order valence-electron chi connectivity index (χ3n) is 2.09. The molecule has 1 aliphatic rings. The lowest BCUT2D eigenvalue weighted by Gasteiger charge is -2.28. The molecule has 0 aromatic carbocycles. The van der Waals surface area contributed by atoms with Gasteiger partial charge in [-0.15, -0.1) is 10.3 Å². The van der Waals surface area contributed by atoms with Gasteiger partial charge in [0.25, 0.3) is 0 Å². The lowest BCUT2D eigenvalue weighted by Crippen LogP contribution is -2.53. The van der Waals surface area contributed by atoms with Crippen LogP contribution < -0.4 is 21.9 Å². The minimum Gasteiger partial charge on any atom is -0.384 e. The average Bonchev–Trinajstić information content (AvgIpc) is 2.27. The van der Waals surface area contributed by atoms with Gasteiger partial charge in [0.1, 0.15) is 18.3 Å². The van der Waals surface area contributed by atoms with Crippen molar-refractivity contribution in [2.45, 2.75) is 39.1 Å². The first kappa shape index (κ1) is 13.6. The highest BCUT2D eigenvalue weighted by Gasteiger charge is 2.14. The van der Waals surface area contributed by atoms with Crippen molar-refractivity contribution in [3.05, 3.63) is 11.9 Å². The molecule has 0 saturated heterocycles. The van der Waals surface area contributed by atoms with Crippen molar-refractivity contribution in [3.8, 4) is 0 Å². The van der Waals surface area contributed by atoms with E-state index in [2.05, 4.69) is 21.3 Å². The van der Waals surface area contributed by atoms with Crippen LogP contribution in [-0.4, -0.2) is 33.7 Å². The Kier molecular flexibility index (Phi) is 5.01. The maximum atomic E-state index is 9.44. The number of hydrazine groups is 2. The minimum absolute atomic E-state index is 0.349. The van der Waals surface area contributed by atoms with Crippen molar-refractivity contribution in [1.29, 1.82) is 0 Å². The molecular formula is C9H20N6O2. The monoisotopic (exact) mass is 244 g/mol. The normalized spacial score (nSPS) is 18.9. The summed E-state index contributed by atoms with van der Waals surface area (Å²) >= 11 is 0. The third-order valence-corrected chi connectivity index (χ3v) is 2.09. The van der Waals surface area contributed by atoms with Crippen molar-refractivity contribution in [2.24, 2.45) is 10.8 Å². The molecule has 0 amide bonds. The lowest BCUT2D eigenvalue weighted by molar-refractivity contribution is 0.00801. The number of aliphatic hydroxyl groups is 2. The van der Waals surface area contributed by atoms with Crippen LogP contribution in [0.15, 0.2) is 17.0 Å². The van der Waals surface area contributed by atoms with E-state index in [1.54, 1.807) is 6.08 Å². The van der Waals surface area contributed by atoms with Crippen LogP contribution in [0.3, 0.4) is 0 Å². The Morgan fingerprint density at radius 3 is 2.65 bits per heavy atom. The van der Waals surface area contributed by atoms with Crippen LogP contribution in [0, 0.1) is 0 Å². The highest BCUT2D eigenvalue weighted by molar-refractivity contribution is 5.93. The summed E-state index contributed by atoms with van der Waals surface area (Å²) in [5.41, 5.74) is 11.0. The van der Waals surface area contributed by atoms with E-state index < -0.39 is 12.5 Å². The van der Waals surface area contributed by atoms with E-state index >= 15 is 0 Å². The van der Waals surface area contributed by atoms with Crippen LogP contribution in [0.4, 0.5) is 0 Å². The predicted molar refractivity (Wildman–Crippen MR) is 63.5 cm³/mol. The Balaban J connectivity index is 2.61. The van der Waals surface area contributed by atoms with E-state index in [9.17, 15) is 10.2 Å². The van der Waals surface area contributed by atoms with Crippen molar-refractivity contribution < 1.29 is 10.2 Å². The molecule has 2 atom stereocenters. The molecule has 0 saturated carbocycles. The molecule has 0 aromatic heterocycles. The molecule has 8 nitrogen and oxygen atoms in total. The summed E-state index contributed by atoms with van der Waals surface area (Å²) in [6, 6.07) is 0. The summed E-state index contributed by atoms with van der Waals surface area (Å²) in [7, 11) is 0. The standard InChI is InChI=1S/C9H20N6O2/c1-3-8(16)11-7-5-6(10)12-15(13-7)14-9(17)4-2/h5,8-9,12,14,16-17H,3-4,10H2,1-2H3,(H,11,13). The first-order valence-electron chi connectivity index (χ1n) is 5.56. The van der Waals surface area contributed by atoms with E-state index in [1.165, 1.54) is 5.23 Å². The van der Waals surface area contributed by atoms with Gasteiger partial charge in [0.05, 0.1) is 0 Å². The second-order valence-corrected chi connectivity index (χ2v) is 3.63. The Morgan fingerprint density at radius 2 is 2.06 bits per heavy atom. The van der Waals surface area contributed by atoms with E-state index in [4.69, 9.17) is 5.73 Å². The molecule has 1 heterocycles. The SMILES string of the molecule is CCC(O)NC1=NN(NC(O)CC)NC(N)=C1. The van der Waals surface area contributed by atoms with Gasteiger partial charge in [-0.25, -0.2) is 0 Å². The quantitative estimate of drug-likeness (QED) is 0.325. The maximum Gasteiger partial charge on any atom is 0.155 e. The minimum atomic E-state index is -0.727. The van der Waals surface area contributed by atoms with Crippen LogP contribution in [0.5, 0.6) is 0 Å². The van der Waals surface area contributed by atoms with Gasteiger partial charge in [-0.1, -0.05) is 13.8 Å². The largest absolute Gasteiger partial charge is 0.384 e. The number of aliphatic hydroxyl groups excluding tert-OH is 2. The van der Waals surface area contributed by atoms with Gasteiger partial charge in [0.2, 0.25) is 0 Å². The highest BCUT2D eigenvalue weighted by atomic mass is 16.3. The van der Waals surface area contributed by atoms with Crippen LogP contribution in [-0.2, 0) is 0 Å². The Labute approximate surface area is 100 Å². The molecule has 0 bridgehead atoms. The second-order valence-electron chi connectivity index (χ2n) is 3.63. The number of hydrogen-bond acceptors (Lipinski definition) is 8. The highest BCUT2D eigenvalue weighted by Crippen LogP contribution is 1.97. The summed E-state index contributed by atoms with van der Waals surface area (Å²) in [5.74, 6) is 0.757. The van der Waals surface area contributed by atoms with Gasteiger partial charge in [-0.05, 0) is 12.8 Å². The fourth-order valence-corrected chi connectivity index (χ4v) is 1.10. The van der Waals surface area contributed by atoms with Gasteiger partial charge in [-0.3, -0.25) is 5.43 Å². The summed E-state index contributed by atoms with van der Waals surface area (Å²) in [6.07, 6.45) is 1.21. The van der Waals surface area contributed by atoms with Gasteiger partial charge in [-0.2, -0.15) is 5.43 Å². The number of rotatable bonds is 5. The fourth-order valence-electron chi connectivity index (χ4n) is 1.10. The van der Waals surface area contributed by atoms with Gasteiger partial charge < -0.3 is 21.3 Å². The number of nitrogens with two attached hydrogens (primary N) is 1. The molecular weight excluding hydrogens is 224 g/mol. The second kappa shape index (κ2) is 6.28. The lowest BCUT2D eigenvalue weighted by atomic mass is 10.4. The average molecular weight is 244 g/mol. The molecule has 2 unspecified atom stereocenters. The zero-order valence-corrected chi connectivity index (χ0v) is 10.0. The molecule has 0 radical (unpaired) electrons. The Bertz CT molecular complexity index is 306. The van der Waals surface area contributed by atoms with E-state index in [0.29, 0.717) is 24.5 Å². The third kappa shape index (κ3) is 4.47. The molecule has 1 aliphatic heterocycles. The number of amidine groups is 1. The van der Waals surface area contributed by atoms with Crippen LogP contribution in [0.2, 0.25) is 0 Å². The molecule has 0 aliphatic carbocycles. The Morgan fingerprint density at radius 1 is 1.41 bits per heavy atom. The topological polar surface area (TPSA) is 118 Å². The molecule has 0 spiro atoms. The van der Waals surface area contributed by atoms with Gasteiger partial charge in [0, 0.05) is 6.08 Å². The first-order valence-corrected chi connectivity index (χ1v) is 5.56. The molecule has 8 heteroatoms. The van der Waals surface area contributed by atoms with Crippen LogP contribution in [0.25, 0.3) is 0 Å². The van der Waals surface area contributed by atoms with Crippen LogP contribution >= 0.6 is 0 Å². The maximum absolute atomic E-state index is 9.44. The zero-order chi connectivity index (χ0) is 12.8. The van der Waals surface area contributed by atoms with Crippen molar-refractivity contribution in [3.63, 3.8) is 0 Å². The summed E-state index contributed by atoms with van der Waals surface area (Å²) < 4.78 is 0. The Hall–Kier alpha value is -1.51. The predicted octanol–water partition coefficient (Wildman–Crippen LogP) is -1.53. The number of hydrogen-bond donors (Lipinski definition) is 6. The molecule has 0 fully saturated rings. The van der Waals surface area contributed by atoms with E-state index in [0.717, 1.165) is 0 Å². The number of nitrogens with zero attached hydrogens (tertiary/aromatic N) is 2. The zero-order valence-electron chi connectivity index (χ0n) is 10.0. The molecule has 98 valence electrons. The van der Waals surface area contributed by atoms with Gasteiger partial charge >= 0.3 is 0 Å². The van der Waals surface area contributed by atoms with Crippen molar-refractivity contribution in [1.82, 2.24) is 21.4 Å². The van der Waals surface area contributed by atoms with Crippen molar-refractivity contribution >= 4 is 5.84 Å². The van der Waals surface area contributed by atoms with E-state index in [-0.39, 0.29) is 0 Å². The van der Waals surface area contributed by atoms with Crippen molar-refractivity contribution in [2.75, 3.05) is 0 Å². The first-order chi connectivity index (χ1) is 8.05. The van der Waals surface area contributed by atoms with Crippen LogP contribution in [0.1, 0.15) is 26.7 Å². The molecule has 17 heavy (non-hydrogen) atoms. The fraction of sp³-hybridized carbons (Fsp3) is 0.667. The molecule has 0 aromatic rings. The number of nitrogens with one attached hydrogen (secondary N) is 3. The van der Waals surface area contributed by atoms with E-state index in [1.807, 2.05) is 13.8 Å². The summed E-state index contributed by atoms with van der Waals surface area (Å²) in [5, 5.41) is 26.9. The molecule has 7 N–H and O–H groups in total. The number of hydrazone groups is 1. The van der Waals surface area contributed by atoms with Gasteiger partial charge in [0.15, 0.2) is 5.84 Å². The summed E-state index contributed by atoms with van der Waals surface area (Å²) in [6.45, 7) is 3.66.